The number of carboxylic acid groups (broad SMARTS) is 1. The van der Waals surface area contributed by atoms with Crippen LogP contribution in [0.1, 0.15) is 64.8 Å². The van der Waals surface area contributed by atoms with Crippen molar-refractivity contribution in [3.8, 4) is 0 Å². The monoisotopic (exact) mass is 344 g/mol. The predicted octanol–water partition coefficient (Wildman–Crippen LogP) is 2.75. The molecule has 1 fully saturated rings. The van der Waals surface area contributed by atoms with Gasteiger partial charge in [-0.3, -0.25) is 4.98 Å². The molecule has 2 heterocycles. The van der Waals surface area contributed by atoms with Crippen molar-refractivity contribution >= 4 is 25.0 Å². The molecule has 5 nitrogen and oxygen atoms in total. The van der Waals surface area contributed by atoms with Crippen molar-refractivity contribution in [1.82, 2.24) is 4.98 Å². The molecule has 136 valence electrons. The molecular formula is C19H29BN2O3. The average Bonchev–Trinajstić information content (AvgIpc) is 2.47. The molecule has 0 spiro atoms. The fourth-order valence-corrected chi connectivity index (χ4v) is 3.21. The van der Waals surface area contributed by atoms with Crippen molar-refractivity contribution in [2.75, 3.05) is 18.0 Å². The highest BCUT2D eigenvalue weighted by atomic mass is 16.5. The summed E-state index contributed by atoms with van der Waals surface area (Å²) < 4.78 is 5.87. The van der Waals surface area contributed by atoms with Crippen molar-refractivity contribution in [2.45, 2.75) is 66.1 Å². The molecule has 1 aromatic heterocycles. The van der Waals surface area contributed by atoms with Crippen LogP contribution in [0.3, 0.4) is 0 Å². The topological polar surface area (TPSA) is 62.7 Å². The van der Waals surface area contributed by atoms with Gasteiger partial charge in [0.15, 0.2) is 6.10 Å². The normalized spacial score (nSPS) is 18.9. The van der Waals surface area contributed by atoms with Gasteiger partial charge in [0.2, 0.25) is 0 Å². The number of ether oxygens (including phenoxy) is 1. The number of hydrogen-bond donors (Lipinski definition) is 1. The third-order valence-electron chi connectivity index (χ3n) is 4.71. The second-order valence-electron chi connectivity index (χ2n) is 8.66. The third-order valence-corrected chi connectivity index (χ3v) is 4.71. The number of anilines is 1. The number of carbonyl (C=O) groups is 1. The van der Waals surface area contributed by atoms with Gasteiger partial charge in [0.1, 0.15) is 7.85 Å². The van der Waals surface area contributed by atoms with Gasteiger partial charge in [-0.05, 0) is 46.0 Å². The van der Waals surface area contributed by atoms with E-state index in [2.05, 4.69) is 23.7 Å². The Bertz CT molecular complexity index is 643. The maximum atomic E-state index is 12.0. The van der Waals surface area contributed by atoms with Gasteiger partial charge in [-0.15, -0.1) is 0 Å². The summed E-state index contributed by atoms with van der Waals surface area (Å²) in [5.74, 6) is -1.02. The van der Waals surface area contributed by atoms with Crippen molar-refractivity contribution in [2.24, 2.45) is 5.41 Å². The van der Waals surface area contributed by atoms with E-state index in [1.165, 1.54) is 0 Å². The number of pyridine rings is 1. The molecular weight excluding hydrogens is 315 g/mol. The fraction of sp³-hybridized carbons (Fsp3) is 0.684. The quantitative estimate of drug-likeness (QED) is 0.851. The van der Waals surface area contributed by atoms with Crippen LogP contribution in [0.5, 0.6) is 0 Å². The Balaban J connectivity index is 2.50. The van der Waals surface area contributed by atoms with Crippen LogP contribution in [-0.4, -0.2) is 42.6 Å². The highest BCUT2D eigenvalue weighted by Crippen LogP contribution is 2.37. The minimum absolute atomic E-state index is 0.293. The van der Waals surface area contributed by atoms with E-state index in [4.69, 9.17) is 12.6 Å². The second-order valence-corrected chi connectivity index (χ2v) is 8.66. The summed E-state index contributed by atoms with van der Waals surface area (Å²) in [6.07, 6.45) is 2.58. The molecule has 1 N–H and O–H groups in total. The van der Waals surface area contributed by atoms with E-state index >= 15 is 0 Å². The van der Waals surface area contributed by atoms with Crippen LogP contribution in [0.2, 0.25) is 0 Å². The van der Waals surface area contributed by atoms with Crippen molar-refractivity contribution in [3.63, 3.8) is 0 Å². The van der Waals surface area contributed by atoms with Crippen LogP contribution < -0.4 is 10.4 Å². The molecule has 1 saturated heterocycles. The first-order valence-electron chi connectivity index (χ1n) is 8.82. The van der Waals surface area contributed by atoms with Gasteiger partial charge in [-0.2, -0.15) is 0 Å². The summed E-state index contributed by atoms with van der Waals surface area (Å²) >= 11 is 0. The third kappa shape index (κ3) is 4.75. The highest BCUT2D eigenvalue weighted by molar-refractivity contribution is 6.36. The molecule has 0 aromatic carbocycles. The van der Waals surface area contributed by atoms with Crippen LogP contribution in [0.15, 0.2) is 6.20 Å². The van der Waals surface area contributed by atoms with E-state index in [0.29, 0.717) is 22.1 Å². The summed E-state index contributed by atoms with van der Waals surface area (Å²) in [6.45, 7) is 13.6. The Morgan fingerprint density at radius 1 is 1.36 bits per heavy atom. The fourth-order valence-electron chi connectivity index (χ4n) is 3.21. The van der Waals surface area contributed by atoms with Crippen molar-refractivity contribution in [3.05, 3.63) is 17.5 Å². The first kappa shape index (κ1) is 19.8. The lowest BCUT2D eigenvalue weighted by molar-refractivity contribution is -0.160. The molecule has 0 bridgehead atoms. The Labute approximate surface area is 152 Å². The maximum Gasteiger partial charge on any atom is 0.337 e. The Morgan fingerprint density at radius 3 is 2.40 bits per heavy atom. The summed E-state index contributed by atoms with van der Waals surface area (Å²) in [5, 5.41) is 9.80. The number of piperidine rings is 1. The lowest BCUT2D eigenvalue weighted by atomic mass is 9.81. The molecule has 6 heteroatoms. The molecule has 1 aromatic rings. The van der Waals surface area contributed by atoms with Crippen LogP contribution in [0.4, 0.5) is 5.69 Å². The highest BCUT2D eigenvalue weighted by Gasteiger charge is 2.34. The number of hydrogen-bond acceptors (Lipinski definition) is 4. The van der Waals surface area contributed by atoms with E-state index in [1.54, 1.807) is 6.20 Å². The van der Waals surface area contributed by atoms with Crippen LogP contribution in [0.25, 0.3) is 0 Å². The smallest absolute Gasteiger partial charge is 0.337 e. The van der Waals surface area contributed by atoms with E-state index in [0.717, 1.165) is 31.6 Å². The number of carboxylic acids is 1. The minimum atomic E-state index is -1.10. The van der Waals surface area contributed by atoms with E-state index in [1.807, 2.05) is 27.7 Å². The molecule has 2 radical (unpaired) electrons. The SMILES string of the molecule is [B]c1cnc(C)c([C@H](OC(C)(C)C)C(=O)O)c1N1CCC(C)(C)CC1. The predicted molar refractivity (Wildman–Crippen MR) is 101 cm³/mol. The van der Waals surface area contributed by atoms with Gasteiger partial charge in [0.05, 0.1) is 5.60 Å². The maximum absolute atomic E-state index is 12.0. The number of aryl methyl sites for hydroxylation is 1. The Hall–Kier alpha value is -1.56. The standard InChI is InChI=1S/C19H29BN2O3/c1-12-14(16(17(23)24)25-18(2,3)4)15(13(20)11-21-12)22-9-7-19(5,6)8-10-22/h11,16H,7-10H2,1-6H3,(H,23,24)/t16-/m0/s1. The molecule has 1 atom stereocenters. The Kier molecular flexibility index (Phi) is 5.52. The lowest BCUT2D eigenvalue weighted by Gasteiger charge is -2.40. The Morgan fingerprint density at radius 2 is 1.92 bits per heavy atom. The zero-order valence-corrected chi connectivity index (χ0v) is 16.2. The molecule has 0 amide bonds. The van der Waals surface area contributed by atoms with Gasteiger partial charge in [0, 0.05) is 36.2 Å². The van der Waals surface area contributed by atoms with Gasteiger partial charge < -0.3 is 14.7 Å². The van der Waals surface area contributed by atoms with E-state index in [-0.39, 0.29) is 0 Å². The summed E-state index contributed by atoms with van der Waals surface area (Å²) in [7, 11) is 6.24. The van der Waals surface area contributed by atoms with Gasteiger partial charge in [0.25, 0.3) is 0 Å². The van der Waals surface area contributed by atoms with Crippen molar-refractivity contribution in [1.29, 1.82) is 0 Å². The lowest BCUT2D eigenvalue weighted by Crippen LogP contribution is -2.41. The van der Waals surface area contributed by atoms with Crippen LogP contribution in [0, 0.1) is 12.3 Å². The summed E-state index contributed by atoms with van der Waals surface area (Å²) in [6, 6.07) is 0. The first-order valence-corrected chi connectivity index (χ1v) is 8.82. The number of nitrogens with zero attached hydrogens (tertiary/aromatic N) is 2. The minimum Gasteiger partial charge on any atom is -0.479 e. The molecule has 0 aliphatic carbocycles. The van der Waals surface area contributed by atoms with Crippen LogP contribution >= 0.6 is 0 Å². The zero-order valence-electron chi connectivity index (χ0n) is 16.2. The second kappa shape index (κ2) is 6.98. The molecule has 0 saturated carbocycles. The van der Waals surface area contributed by atoms with Gasteiger partial charge in [-0.1, -0.05) is 19.3 Å². The van der Waals surface area contributed by atoms with E-state index in [9.17, 15) is 9.90 Å². The van der Waals surface area contributed by atoms with Gasteiger partial charge >= 0.3 is 5.97 Å². The molecule has 25 heavy (non-hydrogen) atoms. The average molecular weight is 344 g/mol. The molecule has 0 unspecified atom stereocenters. The van der Waals surface area contributed by atoms with Gasteiger partial charge in [-0.25, -0.2) is 4.79 Å². The van der Waals surface area contributed by atoms with Crippen molar-refractivity contribution < 1.29 is 14.6 Å². The molecule has 2 rings (SSSR count). The molecule has 1 aliphatic heterocycles. The first-order chi connectivity index (χ1) is 11.4. The summed E-state index contributed by atoms with van der Waals surface area (Å²) in [4.78, 5) is 18.5. The molecule has 1 aliphatic rings. The largest absolute Gasteiger partial charge is 0.479 e. The number of rotatable bonds is 4. The zero-order chi connectivity index (χ0) is 19.0. The summed E-state index contributed by atoms with van der Waals surface area (Å²) in [5.41, 5.74) is 2.18. The van der Waals surface area contributed by atoms with Crippen LogP contribution in [-0.2, 0) is 9.53 Å². The number of aliphatic carboxylic acids is 1. The number of aromatic nitrogens is 1. The van der Waals surface area contributed by atoms with E-state index < -0.39 is 17.7 Å².